The fourth-order valence-electron chi connectivity index (χ4n) is 4.32. The predicted octanol–water partition coefficient (Wildman–Crippen LogP) is 5.26. The summed E-state index contributed by atoms with van der Waals surface area (Å²) in [5.41, 5.74) is 4.89. The Morgan fingerprint density at radius 1 is 0.900 bits per heavy atom. The molecule has 1 aliphatic carbocycles. The molecule has 1 aromatic rings. The molecule has 11 nitrogen and oxygen atoms in total. The average Bonchev–Trinajstić information content (AvgIpc) is 2.88. The van der Waals surface area contributed by atoms with Crippen LogP contribution in [0.25, 0.3) is 0 Å². The number of carboxylic acids is 1. The van der Waals surface area contributed by atoms with Gasteiger partial charge in [0, 0.05) is 12.8 Å². The lowest BCUT2D eigenvalue weighted by atomic mass is 9.86. The summed E-state index contributed by atoms with van der Waals surface area (Å²) < 4.78 is 26.2. The Hall–Kier alpha value is -3.34. The molecule has 0 amide bonds. The molecule has 0 aromatic heterocycles. The minimum atomic E-state index is -1.81. The summed E-state index contributed by atoms with van der Waals surface area (Å²) in [6, 6.07) is 4.21. The van der Waals surface area contributed by atoms with Crippen molar-refractivity contribution in [3.8, 4) is 11.5 Å². The Labute approximate surface area is 235 Å². The molecule has 1 saturated carbocycles. The van der Waals surface area contributed by atoms with Crippen LogP contribution in [0.1, 0.15) is 78.7 Å². The van der Waals surface area contributed by atoms with Gasteiger partial charge in [-0.2, -0.15) is 0 Å². The van der Waals surface area contributed by atoms with Gasteiger partial charge in [-0.15, -0.1) is 0 Å². The first-order valence-electron chi connectivity index (χ1n) is 13.8. The minimum absolute atomic E-state index is 0.0586. The van der Waals surface area contributed by atoms with Crippen LogP contribution in [-0.4, -0.2) is 54.2 Å². The summed E-state index contributed by atoms with van der Waals surface area (Å²) in [4.78, 5) is 49.2. The van der Waals surface area contributed by atoms with Gasteiger partial charge in [0.2, 0.25) is 0 Å². The van der Waals surface area contributed by atoms with E-state index in [2.05, 4.69) is 0 Å². The summed E-state index contributed by atoms with van der Waals surface area (Å²) in [6.45, 7) is 9.28. The molecule has 2 rings (SSSR count). The topological polar surface area (TPSA) is 161 Å². The van der Waals surface area contributed by atoms with Crippen LogP contribution < -0.4 is 15.2 Å². The van der Waals surface area contributed by atoms with Gasteiger partial charge in [-0.25, -0.2) is 9.59 Å². The molecule has 3 N–H and O–H groups in total. The molecule has 0 heterocycles. The second-order valence-corrected chi connectivity index (χ2v) is 11.3. The highest BCUT2D eigenvalue weighted by Crippen LogP contribution is 2.32. The van der Waals surface area contributed by atoms with Crippen LogP contribution in [0.3, 0.4) is 0 Å². The number of carboxylic acid groups (broad SMARTS) is 1. The molecule has 0 bridgehead atoms. The molecule has 1 aromatic carbocycles. The number of carbonyl (C=O) groups is 4. The normalized spacial score (nSPS) is 16.1. The van der Waals surface area contributed by atoms with Crippen LogP contribution in [0.2, 0.25) is 0 Å². The molecule has 1 fully saturated rings. The molecular formula is C29H43NO10. The number of aliphatic carboxylic acids is 1. The number of benzene rings is 1. The molecular weight excluding hydrogens is 522 g/mol. The van der Waals surface area contributed by atoms with Gasteiger partial charge in [0.15, 0.2) is 11.5 Å². The van der Waals surface area contributed by atoms with Gasteiger partial charge < -0.3 is 34.5 Å². The average molecular weight is 566 g/mol. The molecule has 1 unspecified atom stereocenters. The van der Waals surface area contributed by atoms with Gasteiger partial charge in [-0.1, -0.05) is 53.0 Å². The van der Waals surface area contributed by atoms with Crippen LogP contribution in [0.4, 0.5) is 9.59 Å². The van der Waals surface area contributed by atoms with E-state index in [1.54, 1.807) is 6.92 Å². The standard InChI is InChI=1S/C29H43NO10/c1-18(2)16-36-27(34)39-23-12-11-21(13-24(23)40-28(35)37-17-19(3)4)15-29(30,26(32)33)14-20(5)38-25(31)22-9-7-6-8-10-22/h11-13,18-20,22H,6-10,14-17,30H2,1-5H3,(H,32,33)/t20-,29?/m0/s1. The van der Waals surface area contributed by atoms with Gasteiger partial charge in [0.25, 0.3) is 0 Å². The van der Waals surface area contributed by atoms with Crippen molar-refractivity contribution in [3.63, 3.8) is 0 Å². The van der Waals surface area contributed by atoms with Crippen molar-refractivity contribution in [3.05, 3.63) is 23.8 Å². The maximum atomic E-state index is 12.6. The van der Waals surface area contributed by atoms with Crippen LogP contribution in [0.5, 0.6) is 11.5 Å². The fourth-order valence-corrected chi connectivity index (χ4v) is 4.32. The Balaban J connectivity index is 2.20. The van der Waals surface area contributed by atoms with Gasteiger partial charge in [-0.05, 0) is 49.3 Å². The van der Waals surface area contributed by atoms with E-state index in [-0.39, 0.29) is 61.3 Å². The Kier molecular flexibility index (Phi) is 12.7. The summed E-state index contributed by atoms with van der Waals surface area (Å²) in [5, 5.41) is 9.98. The molecule has 0 aliphatic heterocycles. The number of hydrogen-bond acceptors (Lipinski definition) is 10. The van der Waals surface area contributed by atoms with E-state index >= 15 is 0 Å². The first-order valence-corrected chi connectivity index (χ1v) is 13.8. The zero-order valence-corrected chi connectivity index (χ0v) is 24.1. The van der Waals surface area contributed by atoms with Crippen LogP contribution >= 0.6 is 0 Å². The van der Waals surface area contributed by atoms with Crippen molar-refractivity contribution < 1.29 is 48.0 Å². The molecule has 0 saturated heterocycles. The molecule has 0 radical (unpaired) electrons. The molecule has 1 aliphatic rings. The van der Waals surface area contributed by atoms with Gasteiger partial charge in [0.1, 0.15) is 11.6 Å². The van der Waals surface area contributed by atoms with Gasteiger partial charge in [-0.3, -0.25) is 9.59 Å². The lowest BCUT2D eigenvalue weighted by Gasteiger charge is -2.29. The van der Waals surface area contributed by atoms with Crippen molar-refractivity contribution in [2.45, 2.75) is 91.2 Å². The zero-order chi connectivity index (χ0) is 29.9. The SMILES string of the molecule is CC(C)COC(=O)Oc1ccc(CC(N)(C[C@H](C)OC(=O)C2CCCCC2)C(=O)O)cc1OC(=O)OCC(C)C. The highest BCUT2D eigenvalue weighted by molar-refractivity contribution is 5.79. The van der Waals surface area contributed by atoms with E-state index in [1.807, 2.05) is 27.7 Å². The number of ether oxygens (including phenoxy) is 5. The first kappa shape index (κ1) is 32.9. The first-order chi connectivity index (χ1) is 18.8. The molecule has 11 heteroatoms. The lowest BCUT2D eigenvalue weighted by Crippen LogP contribution is -2.52. The summed E-state index contributed by atoms with van der Waals surface area (Å²) in [7, 11) is 0. The largest absolute Gasteiger partial charge is 0.513 e. The zero-order valence-electron chi connectivity index (χ0n) is 24.1. The van der Waals surface area contributed by atoms with Gasteiger partial charge >= 0.3 is 24.2 Å². The van der Waals surface area contributed by atoms with E-state index in [9.17, 15) is 24.3 Å². The molecule has 40 heavy (non-hydrogen) atoms. The molecule has 2 atom stereocenters. The highest BCUT2D eigenvalue weighted by Gasteiger charge is 2.38. The van der Waals surface area contributed by atoms with Crippen LogP contribution in [0, 0.1) is 17.8 Å². The number of rotatable bonds is 13. The van der Waals surface area contributed by atoms with E-state index in [4.69, 9.17) is 29.4 Å². The van der Waals surface area contributed by atoms with Crippen molar-refractivity contribution in [2.24, 2.45) is 23.5 Å². The maximum absolute atomic E-state index is 12.6. The second-order valence-electron chi connectivity index (χ2n) is 11.3. The van der Waals surface area contributed by atoms with E-state index in [1.165, 1.54) is 18.2 Å². The summed E-state index contributed by atoms with van der Waals surface area (Å²) in [6.07, 6.45) is 1.46. The molecule has 0 spiro atoms. The Morgan fingerprint density at radius 3 is 1.98 bits per heavy atom. The third-order valence-electron chi connectivity index (χ3n) is 6.32. The third kappa shape index (κ3) is 11.0. The highest BCUT2D eigenvalue weighted by atomic mass is 16.7. The monoisotopic (exact) mass is 565 g/mol. The van der Waals surface area contributed by atoms with Crippen molar-refractivity contribution in [1.82, 2.24) is 0 Å². The number of nitrogens with two attached hydrogens (primary N) is 1. The number of esters is 1. The quantitative estimate of drug-likeness (QED) is 0.182. The number of carbonyl (C=O) groups excluding carboxylic acids is 3. The minimum Gasteiger partial charge on any atom is -0.480 e. The van der Waals surface area contributed by atoms with Gasteiger partial charge in [0.05, 0.1) is 19.1 Å². The second kappa shape index (κ2) is 15.4. The van der Waals surface area contributed by atoms with E-state index in [0.29, 0.717) is 5.56 Å². The van der Waals surface area contributed by atoms with Crippen molar-refractivity contribution in [1.29, 1.82) is 0 Å². The van der Waals surface area contributed by atoms with Crippen LogP contribution in [0.15, 0.2) is 18.2 Å². The van der Waals surface area contributed by atoms with E-state index < -0.39 is 29.9 Å². The van der Waals surface area contributed by atoms with Crippen molar-refractivity contribution in [2.75, 3.05) is 13.2 Å². The third-order valence-corrected chi connectivity index (χ3v) is 6.32. The summed E-state index contributed by atoms with van der Waals surface area (Å²) in [5.74, 6) is -1.95. The summed E-state index contributed by atoms with van der Waals surface area (Å²) >= 11 is 0. The maximum Gasteiger partial charge on any atom is 0.513 e. The smallest absolute Gasteiger partial charge is 0.480 e. The Morgan fingerprint density at radius 2 is 1.45 bits per heavy atom. The van der Waals surface area contributed by atoms with Crippen LogP contribution in [-0.2, 0) is 30.2 Å². The predicted molar refractivity (Wildman–Crippen MR) is 145 cm³/mol. The molecule has 224 valence electrons. The van der Waals surface area contributed by atoms with E-state index in [0.717, 1.165) is 32.1 Å². The van der Waals surface area contributed by atoms with Crippen molar-refractivity contribution >= 4 is 24.2 Å². The lowest BCUT2D eigenvalue weighted by molar-refractivity contribution is -0.158. The number of hydrogen-bond donors (Lipinski definition) is 2. The Bertz CT molecular complexity index is 1020. The fraction of sp³-hybridized carbons (Fsp3) is 0.655.